The van der Waals surface area contributed by atoms with Crippen LogP contribution in [0, 0.1) is 53.7 Å². The minimum absolute atomic E-state index is 0.0299. The Balaban J connectivity index is 2.31. The number of nitrogens with zero attached hydrogens (tertiary/aromatic N) is 11. The maximum Gasteiger partial charge on any atom is 0.307 e. The number of aliphatic imine (C=N–C) groups is 1. The topological polar surface area (TPSA) is 160 Å². The average Bonchev–Trinajstić information content (AvgIpc) is 2.81. The van der Waals surface area contributed by atoms with E-state index in [0.29, 0.717) is 0 Å². The molecule has 0 saturated carbocycles. The summed E-state index contributed by atoms with van der Waals surface area (Å²) in [6.07, 6.45) is 0. The number of nitrogens with one attached hydrogen (secondary N) is 1. The second-order valence-electron chi connectivity index (χ2n) is 5.65. The summed E-state index contributed by atoms with van der Waals surface area (Å²) >= 11 is 0. The molecule has 134 valence electrons. The molecule has 0 spiro atoms. The molecule has 1 aliphatic heterocycles. The van der Waals surface area contributed by atoms with Gasteiger partial charge in [0, 0.05) is 0 Å². The maximum absolute atomic E-state index is 9.36. The number of nitriles is 3. The molecule has 1 atom stereocenters. The minimum Gasteiger partial charge on any atom is -0.370 e. The molecule has 4 rings (SSSR count). The molecular formula is C18H2N12. The molecule has 1 aromatic carbocycles. The Kier molecular flexibility index (Phi) is 3.83. The first-order chi connectivity index (χ1) is 14.6. The lowest BCUT2D eigenvalue weighted by Crippen LogP contribution is -2.29. The van der Waals surface area contributed by atoms with Crippen LogP contribution in [0.3, 0.4) is 0 Å². The normalized spacial score (nSPS) is 13.9. The van der Waals surface area contributed by atoms with Gasteiger partial charge in [-0.25, -0.2) is 9.98 Å². The average molecular weight is 386 g/mol. The van der Waals surface area contributed by atoms with Gasteiger partial charge < -0.3 is 19.9 Å². The molecule has 0 fully saturated rings. The number of aromatic nitrogens is 4. The fraction of sp³-hybridized carbons (Fsp3) is 0.0556. The molecule has 0 amide bonds. The molecule has 1 N–H and O–H groups in total. The molecule has 1 aliphatic rings. The maximum atomic E-state index is 9.36. The van der Waals surface area contributed by atoms with E-state index in [0.717, 1.165) is 0 Å². The zero-order chi connectivity index (χ0) is 21.4. The lowest BCUT2D eigenvalue weighted by Gasteiger charge is -2.19. The summed E-state index contributed by atoms with van der Waals surface area (Å²) in [5.74, 6) is -0.833. The van der Waals surface area contributed by atoms with Crippen molar-refractivity contribution < 1.29 is 0 Å². The van der Waals surface area contributed by atoms with Gasteiger partial charge in [-0.3, -0.25) is 0 Å². The van der Waals surface area contributed by atoms with Crippen molar-refractivity contribution in [2.24, 2.45) is 4.99 Å². The smallest absolute Gasteiger partial charge is 0.307 e. The van der Waals surface area contributed by atoms with Crippen LogP contribution in [-0.4, -0.2) is 31.7 Å². The molecule has 30 heavy (non-hydrogen) atoms. The number of anilines is 1. The van der Waals surface area contributed by atoms with E-state index in [-0.39, 0.29) is 62.3 Å². The van der Waals surface area contributed by atoms with Crippen molar-refractivity contribution in [2.75, 3.05) is 5.32 Å². The van der Waals surface area contributed by atoms with Crippen LogP contribution in [-0.2, 0) is 0 Å². The van der Waals surface area contributed by atoms with Crippen LogP contribution in [0.2, 0.25) is 0 Å². The Morgan fingerprint density at radius 3 is 1.93 bits per heavy atom. The van der Waals surface area contributed by atoms with Crippen LogP contribution in [0.4, 0.5) is 28.8 Å². The summed E-state index contributed by atoms with van der Waals surface area (Å²) in [6, 6.07) is 4.43. The van der Waals surface area contributed by atoms with E-state index in [1.165, 1.54) is 0 Å². The molecule has 0 radical (unpaired) electrons. The van der Waals surface area contributed by atoms with Crippen molar-refractivity contribution in [3.63, 3.8) is 0 Å². The predicted molar refractivity (Wildman–Crippen MR) is 102 cm³/mol. The van der Waals surface area contributed by atoms with Crippen LogP contribution in [0.25, 0.3) is 36.6 Å². The minimum atomic E-state index is -1.09. The third kappa shape index (κ3) is 2.30. The Bertz CT molecular complexity index is 1590. The highest BCUT2D eigenvalue weighted by atomic mass is 15.1. The molecule has 3 heterocycles. The van der Waals surface area contributed by atoms with Crippen molar-refractivity contribution in [2.45, 2.75) is 6.04 Å². The van der Waals surface area contributed by atoms with Gasteiger partial charge in [0.05, 0.1) is 11.8 Å². The van der Waals surface area contributed by atoms with Crippen molar-refractivity contribution in [3.05, 3.63) is 39.9 Å². The fourth-order valence-corrected chi connectivity index (χ4v) is 2.87. The van der Waals surface area contributed by atoms with E-state index in [4.69, 9.17) is 19.7 Å². The van der Waals surface area contributed by atoms with E-state index in [9.17, 15) is 15.8 Å². The molecule has 2 aromatic heterocycles. The van der Waals surface area contributed by atoms with Gasteiger partial charge in [0.1, 0.15) is 23.3 Å². The quantitative estimate of drug-likeness (QED) is 0.455. The van der Waals surface area contributed by atoms with Gasteiger partial charge in [-0.1, -0.05) is 19.7 Å². The van der Waals surface area contributed by atoms with E-state index < -0.39 is 6.04 Å². The van der Waals surface area contributed by atoms with Crippen LogP contribution in [0.1, 0.15) is 5.69 Å². The van der Waals surface area contributed by atoms with Crippen LogP contribution < -0.4 is 5.32 Å². The zero-order valence-corrected chi connectivity index (χ0v) is 14.5. The first-order valence-corrected chi connectivity index (χ1v) is 7.86. The highest BCUT2D eigenvalue weighted by Crippen LogP contribution is 2.44. The lowest BCUT2D eigenvalue weighted by atomic mass is 10.1. The van der Waals surface area contributed by atoms with Crippen molar-refractivity contribution in [1.29, 1.82) is 15.8 Å². The Morgan fingerprint density at radius 2 is 1.37 bits per heavy atom. The molecule has 12 nitrogen and oxygen atoms in total. The van der Waals surface area contributed by atoms with Gasteiger partial charge in [-0.15, -0.1) is 15.0 Å². The Labute approximate surface area is 167 Å². The highest BCUT2D eigenvalue weighted by Gasteiger charge is 2.33. The molecule has 12 heteroatoms. The van der Waals surface area contributed by atoms with Gasteiger partial charge in [-0.05, 0) is 0 Å². The van der Waals surface area contributed by atoms with Crippen molar-refractivity contribution in [1.82, 2.24) is 19.9 Å². The third-order valence-corrected chi connectivity index (χ3v) is 4.12. The summed E-state index contributed by atoms with van der Waals surface area (Å²) in [5.41, 5.74) is 0.0287. The summed E-state index contributed by atoms with van der Waals surface area (Å²) in [7, 11) is 0. The molecule has 0 saturated heterocycles. The molecular weight excluding hydrogens is 384 g/mol. The first kappa shape index (κ1) is 17.7. The highest BCUT2D eigenvalue weighted by molar-refractivity contribution is 6.20. The number of benzene rings is 1. The van der Waals surface area contributed by atoms with E-state index in [2.05, 4.69) is 44.8 Å². The summed E-state index contributed by atoms with van der Waals surface area (Å²) < 4.78 is 0. The van der Waals surface area contributed by atoms with Gasteiger partial charge in [0.15, 0.2) is 17.4 Å². The SMILES string of the molecule is [C-]#[N+]c1nc2c(nc1C#N)c1c(c3nc([N+]#[C-])c([N+]#[C-])nc32)N=C(C#N)C(C#N)N1. The Hall–Kier alpha value is -5.69. The van der Waals surface area contributed by atoms with Gasteiger partial charge >= 0.3 is 5.82 Å². The number of hydrogen-bond donors (Lipinski definition) is 1. The largest absolute Gasteiger partial charge is 0.370 e. The number of hydrogen-bond acceptors (Lipinski definition) is 9. The van der Waals surface area contributed by atoms with Crippen LogP contribution in [0.5, 0.6) is 0 Å². The molecule has 3 aromatic rings. The first-order valence-electron chi connectivity index (χ1n) is 7.86. The molecule has 0 bridgehead atoms. The van der Waals surface area contributed by atoms with E-state index in [1.807, 2.05) is 12.1 Å². The summed E-state index contributed by atoms with van der Waals surface area (Å²) in [4.78, 5) is 30.5. The van der Waals surface area contributed by atoms with E-state index in [1.54, 1.807) is 6.07 Å². The molecule has 0 aliphatic carbocycles. The zero-order valence-electron chi connectivity index (χ0n) is 14.5. The second-order valence-corrected chi connectivity index (χ2v) is 5.65. The number of fused-ring (bicyclic) bond motifs is 6. The van der Waals surface area contributed by atoms with Crippen molar-refractivity contribution in [3.8, 4) is 18.2 Å². The van der Waals surface area contributed by atoms with Crippen molar-refractivity contribution >= 4 is 56.6 Å². The fourth-order valence-electron chi connectivity index (χ4n) is 2.87. The summed E-state index contributed by atoms with van der Waals surface area (Å²) in [6.45, 7) is 21.7. The van der Waals surface area contributed by atoms with Crippen LogP contribution in [0.15, 0.2) is 4.99 Å². The van der Waals surface area contributed by atoms with Gasteiger partial charge in [-0.2, -0.15) is 15.8 Å². The predicted octanol–water partition coefficient (Wildman–Crippen LogP) is 3.01. The lowest BCUT2D eigenvalue weighted by molar-refractivity contribution is 1.14. The van der Waals surface area contributed by atoms with Gasteiger partial charge in [0.25, 0.3) is 17.2 Å². The summed E-state index contributed by atoms with van der Waals surface area (Å²) in [5, 5.41) is 30.8. The standard InChI is InChI=1S/C18H2N12/c1-22-16-9(6-21)27-12-10-11(26-8(5-20)7(4-19)25-10)14-15(13(12)28-16)30-18(24-3)17(23-2)29-14/h7,25H. The van der Waals surface area contributed by atoms with E-state index >= 15 is 0 Å². The Morgan fingerprint density at radius 1 is 0.767 bits per heavy atom. The number of rotatable bonds is 0. The molecule has 1 unspecified atom stereocenters. The monoisotopic (exact) mass is 386 g/mol. The third-order valence-electron chi connectivity index (χ3n) is 4.12. The second kappa shape index (κ2) is 6.48. The van der Waals surface area contributed by atoms with Crippen LogP contribution >= 0.6 is 0 Å². The van der Waals surface area contributed by atoms with Gasteiger partial charge in [0.2, 0.25) is 11.0 Å².